The van der Waals surface area contributed by atoms with E-state index < -0.39 is 0 Å². The lowest BCUT2D eigenvalue weighted by atomic mass is 10.1. The van der Waals surface area contributed by atoms with Crippen LogP contribution in [0, 0.1) is 0 Å². The number of hydrogen-bond acceptors (Lipinski definition) is 2. The molecule has 5 heteroatoms. The second-order valence-electron chi connectivity index (χ2n) is 5.71. The van der Waals surface area contributed by atoms with Gasteiger partial charge in [0.2, 0.25) is 5.91 Å². The molecule has 0 bridgehead atoms. The van der Waals surface area contributed by atoms with Gasteiger partial charge in [-0.25, -0.2) is 4.98 Å². The van der Waals surface area contributed by atoms with E-state index in [0.717, 1.165) is 25.2 Å². The highest BCUT2D eigenvalue weighted by molar-refractivity contribution is 5.78. The van der Waals surface area contributed by atoms with Crippen LogP contribution in [-0.4, -0.2) is 31.9 Å². The highest BCUT2D eigenvalue weighted by Crippen LogP contribution is 2.30. The van der Waals surface area contributed by atoms with Gasteiger partial charge in [-0.15, -0.1) is 0 Å². The van der Waals surface area contributed by atoms with Gasteiger partial charge in [0.05, 0.1) is 12.5 Å². The number of carbonyl (C=O) groups is 1. The Balaban J connectivity index is 1.81. The molecule has 2 aromatic rings. The lowest BCUT2D eigenvalue weighted by Crippen LogP contribution is -2.36. The van der Waals surface area contributed by atoms with E-state index in [1.807, 2.05) is 4.90 Å². The first-order valence-corrected chi connectivity index (χ1v) is 7.64. The highest BCUT2D eigenvalue weighted by atomic mass is 16.2. The van der Waals surface area contributed by atoms with Crippen molar-refractivity contribution in [3.63, 3.8) is 0 Å². The van der Waals surface area contributed by atoms with E-state index in [9.17, 15) is 4.79 Å². The Morgan fingerprint density at radius 1 is 1.43 bits per heavy atom. The number of hydrogen-bond donors (Lipinski definition) is 1. The van der Waals surface area contributed by atoms with Crippen molar-refractivity contribution in [1.82, 2.24) is 19.4 Å². The molecule has 1 fully saturated rings. The number of aromatic amines is 1. The second-order valence-corrected chi connectivity index (χ2v) is 5.71. The maximum Gasteiger partial charge on any atom is 0.230 e. The van der Waals surface area contributed by atoms with Crippen molar-refractivity contribution >= 4 is 5.91 Å². The minimum Gasteiger partial charge on any atom is -0.353 e. The molecule has 21 heavy (non-hydrogen) atoms. The molecule has 1 aliphatic rings. The Morgan fingerprint density at radius 2 is 2.33 bits per heavy atom. The van der Waals surface area contributed by atoms with Gasteiger partial charge in [-0.05, 0) is 25.0 Å². The molecule has 3 rings (SSSR count). The molecule has 1 N–H and O–H groups in total. The lowest BCUT2D eigenvalue weighted by Gasteiger charge is -2.30. The number of likely N-dealkylation sites (tertiary alicyclic amines) is 1. The first-order chi connectivity index (χ1) is 10.3. The smallest absolute Gasteiger partial charge is 0.230 e. The summed E-state index contributed by atoms with van der Waals surface area (Å²) in [5.41, 5.74) is 1.23. The summed E-state index contributed by atoms with van der Waals surface area (Å²) in [4.78, 5) is 21.9. The number of rotatable bonds is 3. The Bertz CT molecular complexity index is 587. The van der Waals surface area contributed by atoms with E-state index >= 15 is 0 Å². The minimum atomic E-state index is 0.165. The second kappa shape index (κ2) is 6.16. The van der Waals surface area contributed by atoms with Crippen LogP contribution in [0.2, 0.25) is 0 Å². The number of amides is 1. The lowest BCUT2D eigenvalue weighted by molar-refractivity contribution is -0.133. The van der Waals surface area contributed by atoms with Crippen molar-refractivity contribution < 1.29 is 4.79 Å². The van der Waals surface area contributed by atoms with Crippen molar-refractivity contribution in [2.24, 2.45) is 7.05 Å². The largest absolute Gasteiger partial charge is 0.353 e. The van der Waals surface area contributed by atoms with E-state index in [1.54, 1.807) is 12.4 Å². The van der Waals surface area contributed by atoms with Crippen LogP contribution in [0.15, 0.2) is 30.7 Å². The molecule has 0 aliphatic carbocycles. The fourth-order valence-electron chi connectivity index (χ4n) is 3.17. The fourth-order valence-corrected chi connectivity index (χ4v) is 3.17. The third kappa shape index (κ3) is 3.01. The molecule has 1 unspecified atom stereocenters. The first-order valence-electron chi connectivity index (χ1n) is 7.64. The molecule has 112 valence electrons. The fraction of sp³-hybridized carbons (Fsp3) is 0.500. The quantitative estimate of drug-likeness (QED) is 0.942. The van der Waals surface area contributed by atoms with Gasteiger partial charge in [-0.3, -0.25) is 4.79 Å². The zero-order valence-electron chi connectivity index (χ0n) is 12.5. The van der Waals surface area contributed by atoms with Crippen LogP contribution in [0.3, 0.4) is 0 Å². The van der Waals surface area contributed by atoms with Crippen molar-refractivity contribution in [2.45, 2.75) is 38.1 Å². The number of nitrogens with one attached hydrogen (secondary N) is 1. The standard InChI is InChI=1S/C16H22N4O/c1-19-10-5-7-13(19)14-6-3-2-4-11-20(14)16(21)12-15-17-8-9-18-15/h5,7-10,14H,2-4,6,11-12H2,1H3,(H,17,18). The van der Waals surface area contributed by atoms with E-state index in [-0.39, 0.29) is 11.9 Å². The van der Waals surface area contributed by atoms with Gasteiger partial charge in [0.25, 0.3) is 0 Å². The summed E-state index contributed by atoms with van der Waals surface area (Å²) < 4.78 is 2.13. The molecule has 0 spiro atoms. The molecular weight excluding hydrogens is 264 g/mol. The summed E-state index contributed by atoms with van der Waals surface area (Å²) in [6, 6.07) is 4.37. The molecule has 1 amide bonds. The van der Waals surface area contributed by atoms with Gasteiger partial charge in [-0.1, -0.05) is 12.8 Å². The third-order valence-corrected chi connectivity index (χ3v) is 4.27. The molecular formula is C16H22N4O. The van der Waals surface area contributed by atoms with Crippen LogP contribution in [0.4, 0.5) is 0 Å². The zero-order chi connectivity index (χ0) is 14.7. The van der Waals surface area contributed by atoms with Crippen LogP contribution in [-0.2, 0) is 18.3 Å². The summed E-state index contributed by atoms with van der Waals surface area (Å²) in [5.74, 6) is 0.910. The summed E-state index contributed by atoms with van der Waals surface area (Å²) in [5, 5.41) is 0. The number of H-pyrrole nitrogens is 1. The van der Waals surface area contributed by atoms with E-state index in [2.05, 4.69) is 39.9 Å². The minimum absolute atomic E-state index is 0.165. The maximum absolute atomic E-state index is 12.7. The average Bonchev–Trinajstić information content (AvgIpc) is 3.05. The predicted octanol–water partition coefficient (Wildman–Crippen LogP) is 2.43. The number of carbonyl (C=O) groups excluding carboxylic acids is 1. The van der Waals surface area contributed by atoms with Crippen LogP contribution in [0.25, 0.3) is 0 Å². The van der Waals surface area contributed by atoms with E-state index in [4.69, 9.17) is 0 Å². The van der Waals surface area contributed by atoms with Gasteiger partial charge in [0.1, 0.15) is 5.82 Å². The number of nitrogens with zero attached hydrogens (tertiary/aromatic N) is 3. The summed E-state index contributed by atoms with van der Waals surface area (Å²) in [6.07, 6.45) is 10.4. The molecule has 0 saturated carbocycles. The van der Waals surface area contributed by atoms with E-state index in [1.165, 1.54) is 18.5 Å². The first kappa shape index (κ1) is 13.9. The van der Waals surface area contributed by atoms with Crippen molar-refractivity contribution in [3.05, 3.63) is 42.2 Å². The van der Waals surface area contributed by atoms with Crippen LogP contribution in [0.5, 0.6) is 0 Å². The van der Waals surface area contributed by atoms with Gasteiger partial charge < -0.3 is 14.5 Å². The van der Waals surface area contributed by atoms with Gasteiger partial charge >= 0.3 is 0 Å². The molecule has 0 radical (unpaired) electrons. The highest BCUT2D eigenvalue weighted by Gasteiger charge is 2.28. The monoisotopic (exact) mass is 286 g/mol. The summed E-state index contributed by atoms with van der Waals surface area (Å²) in [7, 11) is 2.05. The van der Waals surface area contributed by atoms with Gasteiger partial charge in [0.15, 0.2) is 0 Å². The molecule has 1 atom stereocenters. The number of aryl methyl sites for hydroxylation is 1. The molecule has 1 aliphatic heterocycles. The third-order valence-electron chi connectivity index (χ3n) is 4.27. The Kier molecular flexibility index (Phi) is 4.08. The van der Waals surface area contributed by atoms with Crippen molar-refractivity contribution in [1.29, 1.82) is 0 Å². The summed E-state index contributed by atoms with van der Waals surface area (Å²) in [6.45, 7) is 0.843. The van der Waals surface area contributed by atoms with Gasteiger partial charge in [0, 0.05) is 37.9 Å². The Morgan fingerprint density at radius 3 is 3.05 bits per heavy atom. The molecule has 5 nitrogen and oxygen atoms in total. The van der Waals surface area contributed by atoms with Gasteiger partial charge in [-0.2, -0.15) is 0 Å². The number of aromatic nitrogens is 3. The van der Waals surface area contributed by atoms with Crippen LogP contribution in [0.1, 0.15) is 43.2 Å². The van der Waals surface area contributed by atoms with Crippen molar-refractivity contribution in [2.75, 3.05) is 6.54 Å². The van der Waals surface area contributed by atoms with Crippen molar-refractivity contribution in [3.8, 4) is 0 Å². The zero-order valence-corrected chi connectivity index (χ0v) is 12.5. The molecule has 2 aromatic heterocycles. The van der Waals surface area contributed by atoms with E-state index in [0.29, 0.717) is 6.42 Å². The molecule has 0 aromatic carbocycles. The number of imidazole rings is 1. The topological polar surface area (TPSA) is 53.9 Å². The maximum atomic E-state index is 12.7. The SMILES string of the molecule is Cn1cccc1C1CCCCCN1C(=O)Cc1ncc[nH]1. The van der Waals surface area contributed by atoms with Crippen LogP contribution >= 0.6 is 0 Å². The predicted molar refractivity (Wildman–Crippen MR) is 80.6 cm³/mol. The normalized spacial score (nSPS) is 19.5. The molecule has 3 heterocycles. The average molecular weight is 286 g/mol. The molecule has 1 saturated heterocycles. The Hall–Kier alpha value is -2.04. The van der Waals surface area contributed by atoms with Crippen LogP contribution < -0.4 is 0 Å². The Labute approximate surface area is 125 Å². The summed E-state index contributed by atoms with van der Waals surface area (Å²) >= 11 is 0.